The van der Waals surface area contributed by atoms with E-state index in [9.17, 15) is 17.6 Å². The summed E-state index contributed by atoms with van der Waals surface area (Å²) < 4.78 is 44.4. The van der Waals surface area contributed by atoms with Crippen LogP contribution in [0.4, 0.5) is 10.1 Å². The average molecular weight is 394 g/mol. The monoisotopic (exact) mass is 394 g/mol. The van der Waals surface area contributed by atoms with Crippen LogP contribution in [0.25, 0.3) is 0 Å². The molecule has 0 aromatic heterocycles. The lowest BCUT2D eigenvalue weighted by molar-refractivity contribution is 0.0955. The van der Waals surface area contributed by atoms with Crippen LogP contribution in [0.3, 0.4) is 0 Å². The summed E-state index contributed by atoms with van der Waals surface area (Å²) in [7, 11) is -3.59. The third-order valence-electron chi connectivity index (χ3n) is 3.60. The molecule has 146 valence electrons. The molecule has 0 aliphatic rings. The lowest BCUT2D eigenvalue weighted by atomic mass is 10.2. The van der Waals surface area contributed by atoms with Crippen molar-refractivity contribution in [3.8, 4) is 5.75 Å². The molecule has 27 heavy (non-hydrogen) atoms. The van der Waals surface area contributed by atoms with Gasteiger partial charge in [0.15, 0.2) is 0 Å². The van der Waals surface area contributed by atoms with Gasteiger partial charge in [-0.1, -0.05) is 12.1 Å². The topological polar surface area (TPSA) is 75.7 Å². The van der Waals surface area contributed by atoms with Gasteiger partial charge in [0.05, 0.1) is 24.6 Å². The molecular formula is C19H23FN2O4S. The highest BCUT2D eigenvalue weighted by molar-refractivity contribution is 7.92. The van der Waals surface area contributed by atoms with Crippen molar-refractivity contribution in [3.63, 3.8) is 0 Å². The number of carbonyl (C=O) groups is 1. The molecule has 0 saturated heterocycles. The molecule has 1 amide bonds. The number of hydrogen-bond acceptors (Lipinski definition) is 4. The molecule has 2 rings (SSSR count). The second-order valence-corrected chi connectivity index (χ2v) is 8.14. The van der Waals surface area contributed by atoms with Crippen LogP contribution in [-0.4, -0.2) is 39.8 Å². The van der Waals surface area contributed by atoms with Gasteiger partial charge in [0.2, 0.25) is 10.0 Å². The zero-order valence-corrected chi connectivity index (χ0v) is 16.3. The van der Waals surface area contributed by atoms with Gasteiger partial charge in [-0.15, -0.1) is 0 Å². The first-order chi connectivity index (χ1) is 12.7. The predicted octanol–water partition coefficient (Wildman–Crippen LogP) is 2.81. The Morgan fingerprint density at radius 1 is 1.15 bits per heavy atom. The molecule has 8 heteroatoms. The van der Waals surface area contributed by atoms with Crippen molar-refractivity contribution in [2.24, 2.45) is 0 Å². The molecule has 0 spiro atoms. The summed E-state index contributed by atoms with van der Waals surface area (Å²) in [5.41, 5.74) is 0.704. The summed E-state index contributed by atoms with van der Waals surface area (Å²) in [6.07, 6.45) is 0.978. The molecule has 6 nitrogen and oxygen atoms in total. The van der Waals surface area contributed by atoms with Crippen LogP contribution in [0.15, 0.2) is 48.5 Å². The Labute approximate surface area is 159 Å². The van der Waals surface area contributed by atoms with Crippen molar-refractivity contribution in [1.29, 1.82) is 0 Å². The number of nitrogens with one attached hydrogen (secondary N) is 1. The number of para-hydroxylation sites is 2. The van der Waals surface area contributed by atoms with Crippen molar-refractivity contribution < 1.29 is 22.3 Å². The summed E-state index contributed by atoms with van der Waals surface area (Å²) >= 11 is 0. The van der Waals surface area contributed by atoms with Crippen LogP contribution in [0.1, 0.15) is 24.2 Å². The van der Waals surface area contributed by atoms with Gasteiger partial charge in [0.25, 0.3) is 5.91 Å². The smallest absolute Gasteiger partial charge is 0.251 e. The number of amides is 1. The van der Waals surface area contributed by atoms with Gasteiger partial charge >= 0.3 is 0 Å². The summed E-state index contributed by atoms with van der Waals surface area (Å²) in [5.74, 6) is -0.394. The second-order valence-electron chi connectivity index (χ2n) is 6.23. The lowest BCUT2D eigenvalue weighted by Crippen LogP contribution is -2.38. The molecule has 0 radical (unpaired) electrons. The minimum atomic E-state index is -3.59. The highest BCUT2D eigenvalue weighted by Gasteiger charge is 2.21. The Bertz CT molecular complexity index is 883. The fourth-order valence-corrected chi connectivity index (χ4v) is 3.39. The fourth-order valence-electron chi connectivity index (χ4n) is 2.46. The van der Waals surface area contributed by atoms with Crippen LogP contribution in [0.5, 0.6) is 5.75 Å². The summed E-state index contributed by atoms with van der Waals surface area (Å²) in [6, 6.07) is 11.9. The Hall–Kier alpha value is -2.61. The Kier molecular flexibility index (Phi) is 6.79. The molecule has 0 fully saturated rings. The minimum Gasteiger partial charge on any atom is -0.489 e. The summed E-state index contributed by atoms with van der Waals surface area (Å²) in [5, 5.41) is 2.64. The Morgan fingerprint density at radius 3 is 2.37 bits per heavy atom. The molecule has 0 saturated carbocycles. The van der Waals surface area contributed by atoms with Crippen molar-refractivity contribution in [3.05, 3.63) is 59.9 Å². The number of carbonyl (C=O) groups excluding carboxylic acids is 1. The number of rotatable bonds is 8. The van der Waals surface area contributed by atoms with Crippen LogP contribution in [-0.2, 0) is 10.0 Å². The van der Waals surface area contributed by atoms with Crippen molar-refractivity contribution in [2.75, 3.05) is 23.7 Å². The van der Waals surface area contributed by atoms with E-state index in [1.54, 1.807) is 24.3 Å². The van der Waals surface area contributed by atoms with E-state index in [1.165, 1.54) is 28.6 Å². The number of halogens is 1. The van der Waals surface area contributed by atoms with E-state index in [0.717, 1.165) is 6.26 Å². The zero-order chi connectivity index (χ0) is 20.0. The molecule has 1 N–H and O–H groups in total. The van der Waals surface area contributed by atoms with Crippen LogP contribution in [0.2, 0.25) is 0 Å². The van der Waals surface area contributed by atoms with Gasteiger partial charge in [-0.05, 0) is 50.2 Å². The van der Waals surface area contributed by atoms with Crippen molar-refractivity contribution in [2.45, 2.75) is 20.0 Å². The van der Waals surface area contributed by atoms with Gasteiger partial charge in [0.1, 0.15) is 11.6 Å². The highest BCUT2D eigenvalue weighted by Crippen LogP contribution is 2.30. The number of sulfonamides is 1. The van der Waals surface area contributed by atoms with Gasteiger partial charge in [-0.2, -0.15) is 0 Å². The van der Waals surface area contributed by atoms with E-state index < -0.39 is 21.7 Å². The molecule has 0 atom stereocenters. The normalized spacial score (nSPS) is 11.3. The molecule has 2 aromatic rings. The number of ether oxygens (including phenoxy) is 1. The standard InChI is InChI=1S/C19H23FN2O4S/c1-14(2)26-18-7-5-4-6-17(18)22(27(3,24)25)13-12-21-19(23)15-8-10-16(20)11-9-15/h4-11,14H,12-13H2,1-3H3,(H,21,23). The van der Waals surface area contributed by atoms with E-state index >= 15 is 0 Å². The summed E-state index contributed by atoms with van der Waals surface area (Å²) in [6.45, 7) is 3.82. The van der Waals surface area contributed by atoms with E-state index in [1.807, 2.05) is 13.8 Å². The Morgan fingerprint density at radius 2 is 1.78 bits per heavy atom. The molecule has 0 aliphatic heterocycles. The number of hydrogen-bond donors (Lipinski definition) is 1. The minimum absolute atomic E-state index is 0.0320. The second kappa shape index (κ2) is 8.85. The highest BCUT2D eigenvalue weighted by atomic mass is 32.2. The maximum Gasteiger partial charge on any atom is 0.251 e. The molecule has 0 heterocycles. The Balaban J connectivity index is 2.12. The molecule has 0 aliphatic carbocycles. The van der Waals surface area contributed by atoms with Gasteiger partial charge in [-0.25, -0.2) is 12.8 Å². The van der Waals surface area contributed by atoms with E-state index in [2.05, 4.69) is 5.32 Å². The van der Waals surface area contributed by atoms with E-state index in [4.69, 9.17) is 4.74 Å². The average Bonchev–Trinajstić information content (AvgIpc) is 2.58. The third-order valence-corrected chi connectivity index (χ3v) is 4.78. The van der Waals surface area contributed by atoms with Crippen LogP contribution < -0.4 is 14.4 Å². The zero-order valence-electron chi connectivity index (χ0n) is 15.5. The lowest BCUT2D eigenvalue weighted by Gasteiger charge is -2.25. The summed E-state index contributed by atoms with van der Waals surface area (Å²) in [4.78, 5) is 12.1. The first kappa shape index (κ1) is 20.7. The third kappa shape index (κ3) is 5.96. The molecule has 2 aromatic carbocycles. The quantitative estimate of drug-likeness (QED) is 0.747. The predicted molar refractivity (Wildman–Crippen MR) is 103 cm³/mol. The van der Waals surface area contributed by atoms with Crippen molar-refractivity contribution >= 4 is 21.6 Å². The maximum atomic E-state index is 12.9. The SMILES string of the molecule is CC(C)Oc1ccccc1N(CCNC(=O)c1ccc(F)cc1)S(C)(=O)=O. The molecular weight excluding hydrogens is 371 g/mol. The van der Waals surface area contributed by atoms with Crippen molar-refractivity contribution in [1.82, 2.24) is 5.32 Å². The first-order valence-corrected chi connectivity index (χ1v) is 10.3. The first-order valence-electron chi connectivity index (χ1n) is 8.45. The number of benzene rings is 2. The molecule has 0 bridgehead atoms. The number of anilines is 1. The maximum absolute atomic E-state index is 12.9. The van der Waals surface area contributed by atoms with Gasteiger partial charge in [0, 0.05) is 12.1 Å². The van der Waals surface area contributed by atoms with E-state index in [-0.39, 0.29) is 19.2 Å². The van der Waals surface area contributed by atoms with Gasteiger partial charge in [-0.3, -0.25) is 9.10 Å². The fraction of sp³-hybridized carbons (Fsp3) is 0.316. The number of nitrogens with zero attached hydrogens (tertiary/aromatic N) is 1. The molecule has 0 unspecified atom stereocenters. The largest absolute Gasteiger partial charge is 0.489 e. The van der Waals surface area contributed by atoms with E-state index in [0.29, 0.717) is 17.0 Å². The van der Waals surface area contributed by atoms with Gasteiger partial charge < -0.3 is 10.1 Å². The van der Waals surface area contributed by atoms with Crippen LogP contribution >= 0.6 is 0 Å². The van der Waals surface area contributed by atoms with Crippen LogP contribution in [0, 0.1) is 5.82 Å².